The number of hydrazine groups is 1. The normalized spacial score (nSPS) is 20.8. The third-order valence-corrected chi connectivity index (χ3v) is 18.8. The summed E-state index contributed by atoms with van der Waals surface area (Å²) in [5.41, 5.74) is 7.80. The number of thioether (sulfide) groups is 1. The van der Waals surface area contributed by atoms with Crippen LogP contribution in [0.5, 0.6) is 5.75 Å². The van der Waals surface area contributed by atoms with Gasteiger partial charge in [0, 0.05) is 69.6 Å². The van der Waals surface area contributed by atoms with E-state index in [4.69, 9.17) is 4.74 Å². The zero-order valence-corrected chi connectivity index (χ0v) is 50.7. The number of carbonyl (C=O) groups excluding carboxylic acids is 3. The van der Waals surface area contributed by atoms with Crippen LogP contribution in [-0.4, -0.2) is 122 Å². The van der Waals surface area contributed by atoms with Crippen LogP contribution in [0.25, 0.3) is 0 Å². The number of aliphatic carboxylic acids is 1. The average Bonchev–Trinajstić information content (AvgIpc) is 4.38. The van der Waals surface area contributed by atoms with Crippen molar-refractivity contribution in [3.8, 4) is 5.75 Å². The average molecular weight is 1180 g/mol. The number of likely N-dealkylation sites (tertiary alicyclic amines) is 1. The first-order valence-corrected chi connectivity index (χ1v) is 32.7. The van der Waals surface area contributed by atoms with E-state index < -0.39 is 33.9 Å². The molecule has 2 saturated carbocycles. The molecule has 83 heavy (non-hydrogen) atoms. The molecule has 17 nitrogen and oxygen atoms in total. The summed E-state index contributed by atoms with van der Waals surface area (Å²) < 4.78 is 31.8. The predicted molar refractivity (Wildman–Crippen MR) is 327 cm³/mol. The van der Waals surface area contributed by atoms with Gasteiger partial charge in [-0.05, 0) is 148 Å². The third-order valence-electron chi connectivity index (χ3n) is 16.6. The third kappa shape index (κ3) is 20.0. The van der Waals surface area contributed by atoms with Crippen molar-refractivity contribution in [2.45, 2.75) is 129 Å². The van der Waals surface area contributed by atoms with Crippen LogP contribution >= 0.6 is 11.8 Å². The number of aryl methyl sites for hydroxylation is 1. The molecule has 6 N–H and O–H groups in total. The Kier molecular flexibility index (Phi) is 25.0. The number of amides is 4. The molecule has 2 aliphatic carbocycles. The summed E-state index contributed by atoms with van der Waals surface area (Å²) in [5.74, 6) is 3.13. The molecule has 2 unspecified atom stereocenters. The lowest BCUT2D eigenvalue weighted by Crippen LogP contribution is -2.48. The lowest BCUT2D eigenvalue weighted by atomic mass is 9.82. The van der Waals surface area contributed by atoms with Gasteiger partial charge in [-0.2, -0.15) is 0 Å². The monoisotopic (exact) mass is 1180 g/mol. The molecule has 452 valence electrons. The molecule has 6 fully saturated rings. The van der Waals surface area contributed by atoms with E-state index in [1.54, 1.807) is 31.2 Å². The number of nitrogens with one attached hydrogen (secondary N) is 4. The van der Waals surface area contributed by atoms with E-state index in [9.17, 15) is 42.6 Å². The van der Waals surface area contributed by atoms with Crippen molar-refractivity contribution in [1.29, 1.82) is 0 Å². The Morgan fingerprint density at radius 1 is 0.759 bits per heavy atom. The lowest BCUT2D eigenvalue weighted by molar-refractivity contribution is -0.145. The minimum atomic E-state index is -3.83. The van der Waals surface area contributed by atoms with Crippen LogP contribution in [0.15, 0.2) is 102 Å². The number of carboxylic acids is 2. The standard InChI is InChI=1S/C27H36N2O4.C19H25NO3.C15H21N3O3S.C3H7NS/c1-4-33-25-17-20(12-13-22(25)27(31)32)18-26(30)28-23(16-19(2)3)21-10-6-7-11-24(21)29-14-8-5-9-15-29;21-18(20-12-15-8-4-5-9-16(15)13-20)11-17(19(22)23)10-14-6-2-1-3-7-14;1-11-5-7-14(8-6-11)22(20,21)17-15(19)16-18-9-12-3-2-4-13(12)10-18;1-2-5-3-4-1/h6-7,10-13,17,19,23H,4-5,8-9,14-16,18H2,1-3H3,(H,28,30)(H,31,32);1-3,6-7,15-17H,4-5,8-13H2,(H,22,23);5-8,12-13H,2-4,9-10H2,1H3,(H2,16,17,19);4H,1-3H2/t23-;15-,16+,17-;;/m00../s1. The second kappa shape index (κ2) is 32.2. The molecule has 4 heterocycles. The number of carbonyl (C=O) groups is 5. The zero-order chi connectivity index (χ0) is 59.3. The highest BCUT2D eigenvalue weighted by Crippen LogP contribution is 2.38. The fourth-order valence-corrected chi connectivity index (χ4v) is 14.0. The van der Waals surface area contributed by atoms with Crippen molar-refractivity contribution in [1.82, 2.24) is 30.7 Å². The summed E-state index contributed by atoms with van der Waals surface area (Å²) in [6.45, 7) is 15.0. The second-order valence-corrected chi connectivity index (χ2v) is 26.2. The van der Waals surface area contributed by atoms with Gasteiger partial charge in [-0.3, -0.25) is 19.8 Å². The first-order valence-electron chi connectivity index (χ1n) is 30.1. The molecule has 0 radical (unpaired) electrons. The van der Waals surface area contributed by atoms with Gasteiger partial charge in [-0.25, -0.2) is 27.7 Å². The molecule has 4 amide bonds. The van der Waals surface area contributed by atoms with Gasteiger partial charge >= 0.3 is 18.0 Å². The Morgan fingerprint density at radius 2 is 1.40 bits per heavy atom. The van der Waals surface area contributed by atoms with Crippen LogP contribution in [0.4, 0.5) is 10.5 Å². The Bertz CT molecular complexity index is 2820. The van der Waals surface area contributed by atoms with Crippen LogP contribution in [0.2, 0.25) is 0 Å². The number of hydrogen-bond donors (Lipinski definition) is 6. The summed E-state index contributed by atoms with van der Waals surface area (Å²) in [5, 5.41) is 27.1. The lowest BCUT2D eigenvalue weighted by Gasteiger charge is -2.33. The van der Waals surface area contributed by atoms with Crippen LogP contribution in [-0.2, 0) is 37.2 Å². The number of sulfonamides is 1. The van der Waals surface area contributed by atoms with Crippen LogP contribution in [0.1, 0.15) is 136 Å². The number of para-hydroxylation sites is 1. The zero-order valence-electron chi connectivity index (χ0n) is 49.1. The Hall–Kier alpha value is -6.15. The fraction of sp³-hybridized carbons (Fsp3) is 0.547. The van der Waals surface area contributed by atoms with Crippen molar-refractivity contribution in [2.24, 2.45) is 35.5 Å². The van der Waals surface area contributed by atoms with Crippen LogP contribution in [0, 0.1) is 42.4 Å². The summed E-state index contributed by atoms with van der Waals surface area (Å²) in [4.78, 5) is 65.0. The SMILES string of the molecule is C1CSCN1.CCOc1cc(CC(=O)N[C@@H](CC(C)C)c2ccccc2N2CCCCC2)ccc1C(=O)O.Cc1ccc(S(=O)(=O)NC(=O)NN2CC3CCCC3C2)cc1.O=C(O)[C@H](CC(=O)N1C[C@H]2CCCC[C@H]2C1)Cc1ccccc1. The van der Waals surface area contributed by atoms with Gasteiger partial charge in [0.25, 0.3) is 10.0 Å². The largest absolute Gasteiger partial charge is 0.493 e. The maximum atomic E-state index is 13.1. The van der Waals surface area contributed by atoms with E-state index >= 15 is 0 Å². The van der Waals surface area contributed by atoms with Gasteiger partial charge in [0.15, 0.2) is 0 Å². The number of urea groups is 1. The first-order chi connectivity index (χ1) is 40.0. The molecule has 4 aliphatic heterocycles. The highest BCUT2D eigenvalue weighted by atomic mass is 32.2. The van der Waals surface area contributed by atoms with E-state index in [1.165, 1.54) is 106 Å². The molecular formula is C64H89N7O10S2. The minimum absolute atomic E-state index is 0.0164. The molecule has 4 aromatic carbocycles. The van der Waals surface area contributed by atoms with Gasteiger partial charge in [0.1, 0.15) is 11.3 Å². The number of benzene rings is 4. The van der Waals surface area contributed by atoms with Crippen molar-refractivity contribution in [2.75, 3.05) is 68.9 Å². The number of rotatable bonds is 18. The van der Waals surface area contributed by atoms with Gasteiger partial charge < -0.3 is 35.4 Å². The first kappa shape index (κ1) is 64.4. The molecule has 0 bridgehead atoms. The highest BCUT2D eigenvalue weighted by molar-refractivity contribution is 7.99. The van der Waals surface area contributed by atoms with Gasteiger partial charge in [0.05, 0.1) is 29.9 Å². The van der Waals surface area contributed by atoms with Crippen molar-refractivity contribution in [3.05, 3.63) is 125 Å². The number of anilines is 1. The van der Waals surface area contributed by atoms with Gasteiger partial charge in [-0.1, -0.05) is 105 Å². The Labute approximate surface area is 496 Å². The molecule has 4 saturated heterocycles. The molecule has 19 heteroatoms. The van der Waals surface area contributed by atoms with Crippen molar-refractivity contribution < 1.29 is 47.3 Å². The van der Waals surface area contributed by atoms with E-state index in [2.05, 4.69) is 57.7 Å². The van der Waals surface area contributed by atoms with Gasteiger partial charge in [-0.15, -0.1) is 11.8 Å². The molecule has 0 aromatic heterocycles. The number of fused-ring (bicyclic) bond motifs is 2. The number of carboxylic acid groups (broad SMARTS) is 2. The number of piperidine rings is 1. The summed E-state index contributed by atoms with van der Waals surface area (Å²) >= 11 is 1.96. The van der Waals surface area contributed by atoms with E-state index in [0.29, 0.717) is 48.4 Å². The predicted octanol–water partition coefficient (Wildman–Crippen LogP) is 10.1. The van der Waals surface area contributed by atoms with Gasteiger partial charge in [0.2, 0.25) is 11.8 Å². The van der Waals surface area contributed by atoms with Crippen molar-refractivity contribution >= 4 is 57.3 Å². The second-order valence-electron chi connectivity index (χ2n) is 23.4. The molecule has 4 aromatic rings. The van der Waals surface area contributed by atoms with Crippen LogP contribution in [0.3, 0.4) is 0 Å². The van der Waals surface area contributed by atoms with E-state index in [-0.39, 0.29) is 41.2 Å². The summed E-state index contributed by atoms with van der Waals surface area (Å²) in [6, 6.07) is 28.4. The Morgan fingerprint density at radius 3 is 1.99 bits per heavy atom. The fourth-order valence-electron chi connectivity index (χ4n) is 12.3. The number of ether oxygens (including phenoxy) is 1. The topological polar surface area (TPSA) is 227 Å². The molecule has 0 spiro atoms. The quantitative estimate of drug-likeness (QED) is 0.0545. The van der Waals surface area contributed by atoms with Crippen LogP contribution < -0.4 is 30.4 Å². The van der Waals surface area contributed by atoms with E-state index in [0.717, 1.165) is 67.9 Å². The Balaban J connectivity index is 0.000000175. The van der Waals surface area contributed by atoms with E-state index in [1.807, 2.05) is 65.0 Å². The smallest absolute Gasteiger partial charge is 0.343 e. The number of hydrogen-bond acceptors (Lipinski definition) is 12. The maximum absolute atomic E-state index is 13.1. The molecule has 6 aliphatic rings. The molecule has 10 rings (SSSR count). The highest BCUT2D eigenvalue weighted by Gasteiger charge is 2.39. The summed E-state index contributed by atoms with van der Waals surface area (Å²) in [7, 11) is -3.83. The molecule has 6 atom stereocenters. The molecular weight excluding hydrogens is 1090 g/mol. The maximum Gasteiger partial charge on any atom is 0.343 e. The van der Waals surface area contributed by atoms with Crippen molar-refractivity contribution in [3.63, 3.8) is 0 Å². The number of aromatic carboxylic acids is 1. The summed E-state index contributed by atoms with van der Waals surface area (Å²) in [6.07, 6.45) is 13.9. The minimum Gasteiger partial charge on any atom is -0.493 e. The number of nitrogens with zero attached hydrogens (tertiary/aromatic N) is 3.